The predicted molar refractivity (Wildman–Crippen MR) is 69.8 cm³/mol. The van der Waals surface area contributed by atoms with Crippen LogP contribution < -0.4 is 5.32 Å². The van der Waals surface area contributed by atoms with Crippen molar-refractivity contribution in [2.75, 3.05) is 6.54 Å². The minimum Gasteiger partial charge on any atom is -0.310 e. The van der Waals surface area contributed by atoms with Crippen LogP contribution in [0.25, 0.3) is 0 Å². The Morgan fingerprint density at radius 1 is 1.35 bits per heavy atom. The second-order valence-corrected chi connectivity index (χ2v) is 5.06. The summed E-state index contributed by atoms with van der Waals surface area (Å²) in [6.07, 6.45) is 4.68. The number of nitrogens with one attached hydrogen (secondary N) is 1. The number of hydrogen-bond donors (Lipinski definition) is 1. The summed E-state index contributed by atoms with van der Waals surface area (Å²) in [6, 6.07) is 2.39. The molecule has 0 aliphatic heterocycles. The van der Waals surface area contributed by atoms with Crippen molar-refractivity contribution in [3.63, 3.8) is 0 Å². The Morgan fingerprint density at radius 3 is 2.82 bits per heavy atom. The maximum absolute atomic E-state index is 14.0. The van der Waals surface area contributed by atoms with E-state index in [1.165, 1.54) is 24.0 Å². The Labute approximate surface area is 103 Å². The number of benzene rings is 1. The molecule has 1 aliphatic rings. The first-order valence-electron chi connectivity index (χ1n) is 6.67. The molecule has 2 rings (SSSR count). The lowest BCUT2D eigenvalue weighted by molar-refractivity contribution is 0.497. The first-order chi connectivity index (χ1) is 8.15. The van der Waals surface area contributed by atoms with E-state index in [1.807, 2.05) is 19.9 Å². The highest BCUT2D eigenvalue weighted by Crippen LogP contribution is 2.33. The summed E-state index contributed by atoms with van der Waals surface area (Å²) in [5.41, 5.74) is 4.23. The van der Waals surface area contributed by atoms with Crippen molar-refractivity contribution in [2.45, 2.75) is 52.5 Å². The van der Waals surface area contributed by atoms with Gasteiger partial charge in [-0.05, 0) is 61.9 Å². The fraction of sp³-hybridized carbons (Fsp3) is 0.600. The smallest absolute Gasteiger partial charge is 0.129 e. The zero-order chi connectivity index (χ0) is 12.4. The Hall–Kier alpha value is -0.890. The summed E-state index contributed by atoms with van der Waals surface area (Å²) >= 11 is 0. The van der Waals surface area contributed by atoms with Crippen molar-refractivity contribution in [1.82, 2.24) is 5.32 Å². The lowest BCUT2D eigenvalue weighted by atomic mass is 9.91. The minimum absolute atomic E-state index is 0.0199. The maximum atomic E-state index is 14.0. The lowest BCUT2D eigenvalue weighted by Gasteiger charge is -2.22. The SMILES string of the molecule is CCNC1CCCCc2cc(C)c(F)c(C)c21. The van der Waals surface area contributed by atoms with Crippen molar-refractivity contribution in [2.24, 2.45) is 0 Å². The molecule has 1 aliphatic carbocycles. The molecule has 1 nitrogen and oxygen atoms in total. The summed E-state index contributed by atoms with van der Waals surface area (Å²) in [5, 5.41) is 3.50. The molecular weight excluding hydrogens is 213 g/mol. The van der Waals surface area contributed by atoms with Crippen LogP contribution in [0.4, 0.5) is 4.39 Å². The van der Waals surface area contributed by atoms with Gasteiger partial charge in [0.15, 0.2) is 0 Å². The molecule has 1 aromatic carbocycles. The summed E-state index contributed by atoms with van der Waals surface area (Å²) in [4.78, 5) is 0. The average molecular weight is 235 g/mol. The average Bonchev–Trinajstić information content (AvgIpc) is 2.49. The summed E-state index contributed by atoms with van der Waals surface area (Å²) < 4.78 is 14.0. The van der Waals surface area contributed by atoms with E-state index in [9.17, 15) is 4.39 Å². The molecule has 1 atom stereocenters. The second-order valence-electron chi connectivity index (χ2n) is 5.06. The van der Waals surface area contributed by atoms with Crippen LogP contribution >= 0.6 is 0 Å². The minimum atomic E-state index is -0.0199. The standard InChI is InChI=1S/C15H22FN/c1-4-17-13-8-6-5-7-12-9-10(2)15(16)11(3)14(12)13/h9,13,17H,4-8H2,1-3H3. The fourth-order valence-electron chi connectivity index (χ4n) is 3.01. The number of hydrogen-bond acceptors (Lipinski definition) is 1. The molecule has 0 bridgehead atoms. The van der Waals surface area contributed by atoms with E-state index >= 15 is 0 Å². The first kappa shape index (κ1) is 12.6. The molecule has 0 amide bonds. The zero-order valence-corrected chi connectivity index (χ0v) is 11.1. The Balaban J connectivity index is 2.51. The van der Waals surface area contributed by atoms with E-state index < -0.39 is 0 Å². The van der Waals surface area contributed by atoms with Crippen molar-refractivity contribution < 1.29 is 4.39 Å². The molecular formula is C15H22FN. The van der Waals surface area contributed by atoms with Gasteiger partial charge < -0.3 is 5.32 Å². The molecule has 1 N–H and O–H groups in total. The van der Waals surface area contributed by atoms with E-state index in [0.29, 0.717) is 6.04 Å². The van der Waals surface area contributed by atoms with Gasteiger partial charge in [-0.15, -0.1) is 0 Å². The Morgan fingerprint density at radius 2 is 2.12 bits per heavy atom. The van der Waals surface area contributed by atoms with E-state index in [2.05, 4.69) is 12.2 Å². The largest absolute Gasteiger partial charge is 0.310 e. The van der Waals surface area contributed by atoms with Gasteiger partial charge in [0, 0.05) is 6.04 Å². The van der Waals surface area contributed by atoms with Crippen LogP contribution in [0.15, 0.2) is 6.07 Å². The third-order valence-electron chi connectivity index (χ3n) is 3.80. The van der Waals surface area contributed by atoms with Crippen LogP contribution in [0.5, 0.6) is 0 Å². The fourth-order valence-corrected chi connectivity index (χ4v) is 3.01. The van der Waals surface area contributed by atoms with Crippen LogP contribution in [0, 0.1) is 19.7 Å². The van der Waals surface area contributed by atoms with Gasteiger partial charge in [-0.3, -0.25) is 0 Å². The molecule has 0 spiro atoms. The topological polar surface area (TPSA) is 12.0 Å². The highest BCUT2D eigenvalue weighted by atomic mass is 19.1. The number of halogens is 1. The molecule has 1 aromatic rings. The van der Waals surface area contributed by atoms with Crippen LogP contribution in [0.3, 0.4) is 0 Å². The molecule has 2 heteroatoms. The third-order valence-corrected chi connectivity index (χ3v) is 3.80. The molecule has 0 heterocycles. The van der Waals surface area contributed by atoms with Crippen molar-refractivity contribution in [3.8, 4) is 0 Å². The monoisotopic (exact) mass is 235 g/mol. The van der Waals surface area contributed by atoms with Gasteiger partial charge >= 0.3 is 0 Å². The number of fused-ring (bicyclic) bond motifs is 1. The van der Waals surface area contributed by atoms with E-state index in [-0.39, 0.29) is 5.82 Å². The number of aryl methyl sites for hydroxylation is 2. The molecule has 0 aromatic heterocycles. The highest BCUT2D eigenvalue weighted by molar-refractivity contribution is 5.42. The molecule has 1 unspecified atom stereocenters. The molecule has 94 valence electrons. The molecule has 0 saturated carbocycles. The second kappa shape index (κ2) is 5.18. The lowest BCUT2D eigenvalue weighted by Crippen LogP contribution is -2.22. The van der Waals surface area contributed by atoms with Crippen molar-refractivity contribution in [1.29, 1.82) is 0 Å². The Kier molecular flexibility index (Phi) is 3.82. The van der Waals surface area contributed by atoms with Crippen LogP contribution in [0.2, 0.25) is 0 Å². The summed E-state index contributed by atoms with van der Waals surface area (Å²) in [7, 11) is 0. The maximum Gasteiger partial charge on any atom is 0.129 e. The first-order valence-corrected chi connectivity index (χ1v) is 6.67. The van der Waals surface area contributed by atoms with Crippen LogP contribution in [-0.4, -0.2) is 6.54 Å². The normalized spacial score (nSPS) is 19.9. The van der Waals surface area contributed by atoms with Gasteiger partial charge in [0.2, 0.25) is 0 Å². The predicted octanol–water partition coefficient (Wildman–Crippen LogP) is 3.82. The molecule has 0 radical (unpaired) electrons. The Bertz CT molecular complexity index is 412. The van der Waals surface area contributed by atoms with Gasteiger partial charge in [0.25, 0.3) is 0 Å². The highest BCUT2D eigenvalue weighted by Gasteiger charge is 2.22. The quantitative estimate of drug-likeness (QED) is 0.768. The third kappa shape index (κ3) is 2.37. The molecule has 0 saturated heterocycles. The van der Waals surface area contributed by atoms with Gasteiger partial charge in [0.05, 0.1) is 0 Å². The zero-order valence-electron chi connectivity index (χ0n) is 11.1. The van der Waals surface area contributed by atoms with Crippen LogP contribution in [0.1, 0.15) is 54.5 Å². The molecule has 17 heavy (non-hydrogen) atoms. The van der Waals surface area contributed by atoms with Crippen molar-refractivity contribution >= 4 is 0 Å². The van der Waals surface area contributed by atoms with Gasteiger partial charge in [-0.2, -0.15) is 0 Å². The molecule has 0 fully saturated rings. The van der Waals surface area contributed by atoms with E-state index in [4.69, 9.17) is 0 Å². The van der Waals surface area contributed by atoms with E-state index in [1.54, 1.807) is 0 Å². The van der Waals surface area contributed by atoms with Gasteiger partial charge in [-0.1, -0.05) is 19.4 Å². The van der Waals surface area contributed by atoms with Crippen molar-refractivity contribution in [3.05, 3.63) is 34.1 Å². The van der Waals surface area contributed by atoms with Crippen LogP contribution in [-0.2, 0) is 6.42 Å². The van der Waals surface area contributed by atoms with E-state index in [0.717, 1.165) is 30.5 Å². The van der Waals surface area contributed by atoms with Gasteiger partial charge in [-0.25, -0.2) is 4.39 Å². The van der Waals surface area contributed by atoms with Gasteiger partial charge in [0.1, 0.15) is 5.82 Å². The summed E-state index contributed by atoms with van der Waals surface area (Å²) in [5.74, 6) is -0.0199. The number of rotatable bonds is 2. The summed E-state index contributed by atoms with van der Waals surface area (Å²) in [6.45, 7) is 6.86.